The van der Waals surface area contributed by atoms with Gasteiger partial charge in [-0.15, -0.1) is 0 Å². The van der Waals surface area contributed by atoms with Crippen LogP contribution in [0.5, 0.6) is 5.75 Å². The number of anilines is 1. The van der Waals surface area contributed by atoms with Crippen LogP contribution in [0.4, 0.5) is 18.9 Å². The maximum absolute atomic E-state index is 12.5. The number of H-pyrrole nitrogens is 1. The van der Waals surface area contributed by atoms with Crippen LogP contribution < -0.4 is 10.5 Å². The number of alkyl halides is 3. The number of nitrogens with zero attached hydrogens (tertiary/aromatic N) is 1. The molecular formula is C19H24F3N3O. The van der Waals surface area contributed by atoms with E-state index in [1.54, 1.807) is 11.1 Å². The largest absolute Gasteiger partial charge is 0.494 e. The SMILES string of the molecule is Nc1c[nH]c2ccc(OCC[C@@H]3C[C@@H]4CN(CC(F)(F)F)C[C@@H]4C3)cc12. The van der Waals surface area contributed by atoms with Crippen molar-refractivity contribution >= 4 is 16.6 Å². The normalized spacial score (nSPS) is 26.5. The summed E-state index contributed by atoms with van der Waals surface area (Å²) < 4.78 is 43.4. The molecule has 2 aromatic rings. The smallest absolute Gasteiger partial charge is 0.401 e. The van der Waals surface area contributed by atoms with Gasteiger partial charge in [0, 0.05) is 30.2 Å². The van der Waals surface area contributed by atoms with Gasteiger partial charge in [-0.1, -0.05) is 0 Å². The monoisotopic (exact) mass is 367 g/mol. The number of halogens is 3. The molecule has 2 heterocycles. The standard InChI is InChI=1S/C19H24F3N3O/c20-19(21,22)11-25-9-13-5-12(6-14(13)10-25)3-4-26-15-1-2-18-16(7-15)17(23)8-24-18/h1-2,7-8,12-14,24H,3-6,9-11,23H2/t12-,13-,14+. The van der Waals surface area contributed by atoms with E-state index in [1.165, 1.54) is 0 Å². The summed E-state index contributed by atoms with van der Waals surface area (Å²) >= 11 is 0. The fourth-order valence-electron chi connectivity index (χ4n) is 4.70. The molecule has 1 aromatic carbocycles. The van der Waals surface area contributed by atoms with Crippen molar-refractivity contribution in [2.75, 3.05) is 32.0 Å². The Balaban J connectivity index is 1.24. The fraction of sp³-hybridized carbons (Fsp3) is 0.579. The van der Waals surface area contributed by atoms with E-state index in [1.807, 2.05) is 18.2 Å². The summed E-state index contributed by atoms with van der Waals surface area (Å²) in [4.78, 5) is 4.67. The highest BCUT2D eigenvalue weighted by Gasteiger charge is 2.43. The van der Waals surface area contributed by atoms with Crippen LogP contribution in [0.25, 0.3) is 10.9 Å². The van der Waals surface area contributed by atoms with Crippen LogP contribution in [0.1, 0.15) is 19.3 Å². The molecule has 4 nitrogen and oxygen atoms in total. The van der Waals surface area contributed by atoms with Crippen LogP contribution >= 0.6 is 0 Å². The first-order chi connectivity index (χ1) is 12.4. The Kier molecular flexibility index (Phi) is 4.50. The summed E-state index contributed by atoms with van der Waals surface area (Å²) in [7, 11) is 0. The highest BCUT2D eigenvalue weighted by Crippen LogP contribution is 2.43. The lowest BCUT2D eigenvalue weighted by atomic mass is 10.0. The number of nitrogens with one attached hydrogen (secondary N) is 1. The van der Waals surface area contributed by atoms with Gasteiger partial charge in [-0.2, -0.15) is 13.2 Å². The molecule has 4 rings (SSSR count). The first kappa shape index (κ1) is 17.5. The van der Waals surface area contributed by atoms with E-state index in [-0.39, 0.29) is 0 Å². The molecule has 1 aromatic heterocycles. The molecular weight excluding hydrogens is 343 g/mol. The van der Waals surface area contributed by atoms with Gasteiger partial charge in [0.1, 0.15) is 5.75 Å². The van der Waals surface area contributed by atoms with E-state index in [9.17, 15) is 13.2 Å². The van der Waals surface area contributed by atoms with Gasteiger partial charge in [0.15, 0.2) is 0 Å². The minimum absolute atomic E-state index is 0.415. The molecule has 0 unspecified atom stereocenters. The van der Waals surface area contributed by atoms with Crippen molar-refractivity contribution in [2.45, 2.75) is 25.4 Å². The third kappa shape index (κ3) is 3.77. The lowest BCUT2D eigenvalue weighted by molar-refractivity contribution is -0.144. The summed E-state index contributed by atoms with van der Waals surface area (Å²) in [6.07, 6.45) is 0.676. The number of benzene rings is 1. The zero-order valence-corrected chi connectivity index (χ0v) is 14.6. The molecule has 142 valence electrons. The lowest BCUT2D eigenvalue weighted by Crippen LogP contribution is -2.33. The predicted molar refractivity (Wildman–Crippen MR) is 95.0 cm³/mol. The highest BCUT2D eigenvalue weighted by molar-refractivity contribution is 5.92. The number of aromatic nitrogens is 1. The first-order valence-electron chi connectivity index (χ1n) is 9.16. The highest BCUT2D eigenvalue weighted by atomic mass is 19.4. The summed E-state index contributed by atoms with van der Waals surface area (Å²) in [5.41, 5.74) is 7.61. The molecule has 0 bridgehead atoms. The molecule has 7 heteroatoms. The van der Waals surface area contributed by atoms with Gasteiger partial charge >= 0.3 is 6.18 Å². The lowest BCUT2D eigenvalue weighted by Gasteiger charge is -2.20. The third-order valence-corrected chi connectivity index (χ3v) is 5.81. The minimum Gasteiger partial charge on any atom is -0.494 e. The zero-order chi connectivity index (χ0) is 18.3. The molecule has 26 heavy (non-hydrogen) atoms. The van der Waals surface area contributed by atoms with Crippen LogP contribution in [0.15, 0.2) is 24.4 Å². The number of hydrogen-bond acceptors (Lipinski definition) is 3. The number of hydrogen-bond donors (Lipinski definition) is 2. The van der Waals surface area contributed by atoms with Crippen molar-refractivity contribution < 1.29 is 17.9 Å². The Morgan fingerprint density at radius 1 is 1.19 bits per heavy atom. The Morgan fingerprint density at radius 3 is 2.62 bits per heavy atom. The zero-order valence-electron chi connectivity index (χ0n) is 14.6. The van der Waals surface area contributed by atoms with Crippen LogP contribution in [-0.4, -0.2) is 42.3 Å². The first-order valence-corrected chi connectivity index (χ1v) is 9.16. The Bertz CT molecular complexity index is 759. The number of aromatic amines is 1. The predicted octanol–water partition coefficient (Wildman–Crippen LogP) is 4.04. The average molecular weight is 367 g/mol. The van der Waals surface area contributed by atoms with E-state index in [4.69, 9.17) is 10.5 Å². The Hall–Kier alpha value is -1.89. The molecule has 2 fully saturated rings. The fourth-order valence-corrected chi connectivity index (χ4v) is 4.70. The maximum Gasteiger partial charge on any atom is 0.401 e. The number of nitrogen functional groups attached to an aromatic ring is 1. The van der Waals surface area contributed by atoms with Crippen molar-refractivity contribution in [1.82, 2.24) is 9.88 Å². The second-order valence-corrected chi connectivity index (χ2v) is 7.76. The van der Waals surface area contributed by atoms with Gasteiger partial charge in [0.05, 0.1) is 18.8 Å². The third-order valence-electron chi connectivity index (χ3n) is 5.81. The second-order valence-electron chi connectivity index (χ2n) is 7.76. The molecule has 3 N–H and O–H groups in total. The van der Waals surface area contributed by atoms with Gasteiger partial charge in [-0.05, 0) is 55.2 Å². The maximum atomic E-state index is 12.5. The Labute approximate surface area is 150 Å². The molecule has 2 aliphatic rings. The molecule has 1 saturated heterocycles. The molecule has 0 spiro atoms. The van der Waals surface area contributed by atoms with Crippen molar-refractivity contribution in [1.29, 1.82) is 0 Å². The van der Waals surface area contributed by atoms with Gasteiger partial charge < -0.3 is 15.5 Å². The van der Waals surface area contributed by atoms with Crippen LogP contribution in [0.2, 0.25) is 0 Å². The molecule has 0 amide bonds. The minimum atomic E-state index is -4.09. The van der Waals surface area contributed by atoms with Crippen molar-refractivity contribution in [2.24, 2.45) is 17.8 Å². The van der Waals surface area contributed by atoms with Gasteiger partial charge in [0.25, 0.3) is 0 Å². The quantitative estimate of drug-likeness (QED) is 0.839. The number of ether oxygens (including phenoxy) is 1. The topological polar surface area (TPSA) is 54.3 Å². The van der Waals surface area contributed by atoms with Crippen LogP contribution in [0, 0.1) is 17.8 Å². The molecule has 1 aliphatic carbocycles. The summed E-state index contributed by atoms with van der Waals surface area (Å²) in [5, 5.41) is 0.961. The average Bonchev–Trinajstić information content (AvgIpc) is 3.20. The summed E-state index contributed by atoms with van der Waals surface area (Å²) in [5.74, 6) is 2.19. The van der Waals surface area contributed by atoms with Gasteiger partial charge in [-0.3, -0.25) is 4.90 Å². The van der Waals surface area contributed by atoms with E-state index in [0.717, 1.165) is 35.9 Å². The van der Waals surface area contributed by atoms with E-state index in [2.05, 4.69) is 4.98 Å². The van der Waals surface area contributed by atoms with Crippen LogP contribution in [0.3, 0.4) is 0 Å². The van der Waals surface area contributed by atoms with E-state index in [0.29, 0.717) is 43.1 Å². The van der Waals surface area contributed by atoms with E-state index < -0.39 is 12.7 Å². The van der Waals surface area contributed by atoms with Gasteiger partial charge in [0.2, 0.25) is 0 Å². The van der Waals surface area contributed by atoms with Gasteiger partial charge in [-0.25, -0.2) is 0 Å². The van der Waals surface area contributed by atoms with Crippen molar-refractivity contribution in [3.05, 3.63) is 24.4 Å². The van der Waals surface area contributed by atoms with Crippen LogP contribution in [-0.2, 0) is 0 Å². The number of rotatable bonds is 5. The second kappa shape index (κ2) is 6.68. The molecule has 1 saturated carbocycles. The summed E-state index contributed by atoms with van der Waals surface area (Å²) in [6, 6.07) is 5.83. The number of likely N-dealkylation sites (tertiary alicyclic amines) is 1. The number of nitrogens with two attached hydrogens (primary N) is 1. The number of fused-ring (bicyclic) bond motifs is 2. The molecule has 1 aliphatic heterocycles. The Morgan fingerprint density at radius 2 is 1.92 bits per heavy atom. The van der Waals surface area contributed by atoms with Crippen molar-refractivity contribution in [3.8, 4) is 5.75 Å². The molecule has 3 atom stereocenters. The molecule has 0 radical (unpaired) electrons. The summed E-state index contributed by atoms with van der Waals surface area (Å²) in [6.45, 7) is 1.04. The van der Waals surface area contributed by atoms with E-state index >= 15 is 0 Å². The van der Waals surface area contributed by atoms with Crippen molar-refractivity contribution in [3.63, 3.8) is 0 Å².